The quantitative estimate of drug-likeness (QED) is 0.124. The van der Waals surface area contributed by atoms with Gasteiger partial charge >= 0.3 is 37.9 Å². The van der Waals surface area contributed by atoms with Crippen LogP contribution in [0, 0.1) is 34.6 Å². The van der Waals surface area contributed by atoms with Crippen molar-refractivity contribution in [2.75, 3.05) is 0 Å². The number of rotatable bonds is 3. The molecule has 0 nitrogen and oxygen atoms in total. The van der Waals surface area contributed by atoms with Crippen LogP contribution >= 0.6 is 17.0 Å². The molecule has 0 saturated heterocycles. The van der Waals surface area contributed by atoms with Gasteiger partial charge in [0.1, 0.15) is 0 Å². The van der Waals surface area contributed by atoms with Crippen molar-refractivity contribution in [2.45, 2.75) is 93.7 Å². The van der Waals surface area contributed by atoms with Crippen molar-refractivity contribution >= 4 is 48.1 Å². The number of hydrogen-bond acceptors (Lipinski definition) is 0. The van der Waals surface area contributed by atoms with E-state index in [9.17, 15) is 0 Å². The monoisotopic (exact) mass is 768 g/mol. The Morgan fingerprint density at radius 2 is 1.25 bits per heavy atom. The third kappa shape index (κ3) is 9.94. The summed E-state index contributed by atoms with van der Waals surface area (Å²) in [5.41, 5.74) is 15.3. The van der Waals surface area contributed by atoms with E-state index in [2.05, 4.69) is 173 Å². The SMILES string of the molecule is CC(C)c1cc2c(-c3ccc(C(C)(C)C)cc3)cccc2[cH-]1.C[Si]C.Cc1cc2c(-c3ccc(C)c(C)c3C)ccc(C)c2[cH-]1.[Cl][Zr+2][Cl]. The van der Waals surface area contributed by atoms with Gasteiger partial charge in [-0.15, -0.1) is 68.6 Å². The minimum absolute atomic E-state index is 0.204. The molecule has 0 aliphatic rings. The van der Waals surface area contributed by atoms with Crippen LogP contribution in [-0.2, 0) is 26.3 Å². The zero-order valence-corrected chi connectivity index (χ0v) is 36.0. The minimum atomic E-state index is -0.826. The third-order valence-electron chi connectivity index (χ3n) is 9.10. The molecule has 0 unspecified atom stereocenters. The summed E-state index contributed by atoms with van der Waals surface area (Å²) in [6, 6.07) is 34.0. The molecule has 48 heavy (non-hydrogen) atoms. The second-order valence-corrected chi connectivity index (χ2v) is 18.9. The third-order valence-corrected chi connectivity index (χ3v) is 9.10. The molecule has 0 heterocycles. The van der Waals surface area contributed by atoms with Crippen molar-refractivity contribution in [3.63, 3.8) is 0 Å². The van der Waals surface area contributed by atoms with Gasteiger partial charge in [0, 0.05) is 9.52 Å². The van der Waals surface area contributed by atoms with Gasteiger partial charge in [-0.25, -0.2) is 0 Å². The van der Waals surface area contributed by atoms with Crippen LogP contribution in [-0.4, -0.2) is 9.52 Å². The van der Waals surface area contributed by atoms with Crippen LogP contribution in [0.25, 0.3) is 43.8 Å². The van der Waals surface area contributed by atoms with E-state index >= 15 is 0 Å². The molecule has 6 aromatic carbocycles. The fraction of sp³-hybridized carbons (Fsp3) is 0.318. The first-order valence-electron chi connectivity index (χ1n) is 16.8. The maximum atomic E-state index is 4.93. The number of halogens is 2. The number of aryl methyl sites for hydroxylation is 3. The topological polar surface area (TPSA) is 0 Å². The molecule has 0 aromatic heterocycles. The van der Waals surface area contributed by atoms with Crippen molar-refractivity contribution in [2.24, 2.45) is 0 Å². The van der Waals surface area contributed by atoms with Gasteiger partial charge in [0.25, 0.3) is 0 Å². The molecule has 0 fully saturated rings. The summed E-state index contributed by atoms with van der Waals surface area (Å²) >= 11 is -0.826. The summed E-state index contributed by atoms with van der Waals surface area (Å²) in [5, 5.41) is 5.49. The zero-order chi connectivity index (χ0) is 35.8. The Bertz CT molecular complexity index is 1910. The second kappa shape index (κ2) is 18.1. The normalized spacial score (nSPS) is 10.9. The van der Waals surface area contributed by atoms with Crippen LogP contribution in [0.15, 0.2) is 91.0 Å². The first-order chi connectivity index (χ1) is 22.7. The second-order valence-electron chi connectivity index (χ2n) is 14.1. The zero-order valence-electron chi connectivity index (χ0n) is 31.0. The van der Waals surface area contributed by atoms with Crippen LogP contribution in [0.5, 0.6) is 0 Å². The van der Waals surface area contributed by atoms with Gasteiger partial charge < -0.3 is 0 Å². The number of hydrogen-bond donors (Lipinski definition) is 0. The Labute approximate surface area is 312 Å². The van der Waals surface area contributed by atoms with Gasteiger partial charge in [0.2, 0.25) is 0 Å². The van der Waals surface area contributed by atoms with E-state index < -0.39 is 20.8 Å². The molecule has 0 aliphatic heterocycles. The molecule has 0 spiro atoms. The van der Waals surface area contributed by atoms with E-state index in [-0.39, 0.29) is 5.41 Å². The molecule has 0 bridgehead atoms. The van der Waals surface area contributed by atoms with Gasteiger partial charge in [-0.05, 0) is 65.5 Å². The fourth-order valence-corrected chi connectivity index (χ4v) is 6.06. The molecule has 0 N–H and O–H groups in total. The molecule has 4 heteroatoms. The average molecular weight is 771 g/mol. The molecule has 6 aromatic rings. The standard InChI is InChI=1S/C22H25.C20H21.C2H6Si.2ClH.Zr/c1-15(2)18-13-17-7-6-8-20(21(17)14-18)16-9-11-19(12-10-16)22(3,4)5;1-12-10-19-14(3)7-9-18(20(19)11-12)17-8-6-13(2)15(4)16(17)5;1-3-2;;;/h6-15H,1-5H3;6-11H,1-5H3;1-2H3;2*1H;/q2*-1;;;;+4/p-2. The van der Waals surface area contributed by atoms with Crippen molar-refractivity contribution in [1.29, 1.82) is 0 Å². The predicted octanol–water partition coefficient (Wildman–Crippen LogP) is 14.6. The Kier molecular flexibility index (Phi) is 15.2. The number of benzene rings is 4. The van der Waals surface area contributed by atoms with Crippen molar-refractivity contribution in [1.82, 2.24) is 0 Å². The molecule has 0 aliphatic carbocycles. The average Bonchev–Trinajstić information content (AvgIpc) is 3.66. The molecule has 0 saturated carbocycles. The van der Waals surface area contributed by atoms with Gasteiger partial charge in [-0.2, -0.15) is 12.1 Å². The molecular formula is C44H52Cl2SiZr. The van der Waals surface area contributed by atoms with Crippen molar-refractivity contribution < 1.29 is 20.8 Å². The van der Waals surface area contributed by atoms with Crippen LogP contribution in [0.2, 0.25) is 13.1 Å². The first kappa shape index (κ1) is 40.2. The Balaban J connectivity index is 0.000000225. The summed E-state index contributed by atoms with van der Waals surface area (Å²) in [7, 11) is 11.0. The van der Waals surface area contributed by atoms with Crippen molar-refractivity contribution in [3.8, 4) is 22.3 Å². The summed E-state index contributed by atoms with van der Waals surface area (Å²) in [6.07, 6.45) is 0. The van der Waals surface area contributed by atoms with E-state index in [1.807, 2.05) is 0 Å². The van der Waals surface area contributed by atoms with Crippen LogP contribution < -0.4 is 0 Å². The fourth-order valence-electron chi connectivity index (χ4n) is 6.06. The van der Waals surface area contributed by atoms with Gasteiger partial charge in [-0.1, -0.05) is 121 Å². The molecule has 0 atom stereocenters. The van der Waals surface area contributed by atoms with Crippen LogP contribution in [0.3, 0.4) is 0 Å². The maximum absolute atomic E-state index is 4.93. The summed E-state index contributed by atoms with van der Waals surface area (Å²) in [4.78, 5) is 0. The molecule has 0 amide bonds. The Hall–Kier alpha value is -2.22. The summed E-state index contributed by atoms with van der Waals surface area (Å²) in [5.74, 6) is 0.573. The predicted molar refractivity (Wildman–Crippen MR) is 216 cm³/mol. The van der Waals surface area contributed by atoms with Crippen LogP contribution in [0.1, 0.15) is 79.5 Å². The number of fused-ring (bicyclic) bond motifs is 2. The molecule has 2 radical (unpaired) electrons. The van der Waals surface area contributed by atoms with E-state index in [1.165, 1.54) is 82.7 Å². The molecule has 250 valence electrons. The summed E-state index contributed by atoms with van der Waals surface area (Å²) < 4.78 is 0. The van der Waals surface area contributed by atoms with Crippen molar-refractivity contribution in [3.05, 3.63) is 130 Å². The molecular weight excluding hydrogens is 719 g/mol. The van der Waals surface area contributed by atoms with Gasteiger partial charge in [0.15, 0.2) is 0 Å². The van der Waals surface area contributed by atoms with E-state index in [4.69, 9.17) is 17.0 Å². The summed E-state index contributed by atoms with van der Waals surface area (Å²) in [6.45, 7) is 26.6. The first-order valence-corrected chi connectivity index (χ1v) is 25.1. The molecule has 6 rings (SSSR count). The van der Waals surface area contributed by atoms with Gasteiger partial charge in [0.05, 0.1) is 0 Å². The van der Waals surface area contributed by atoms with E-state index in [0.29, 0.717) is 5.92 Å². The Morgan fingerprint density at radius 3 is 1.83 bits per heavy atom. The van der Waals surface area contributed by atoms with Gasteiger partial charge in [-0.3, -0.25) is 0 Å². The van der Waals surface area contributed by atoms with E-state index in [0.717, 1.165) is 9.52 Å². The Morgan fingerprint density at radius 1 is 0.667 bits per heavy atom. The van der Waals surface area contributed by atoms with E-state index in [1.54, 1.807) is 0 Å². The van der Waals surface area contributed by atoms with Crippen LogP contribution in [0.4, 0.5) is 0 Å².